The highest BCUT2D eigenvalue weighted by atomic mass is 16.6. The van der Waals surface area contributed by atoms with Gasteiger partial charge >= 0.3 is 0 Å². The molecule has 1 unspecified atom stereocenters. The number of rotatable bonds is 10. The molecule has 32 heavy (non-hydrogen) atoms. The van der Waals surface area contributed by atoms with Crippen molar-refractivity contribution in [1.29, 1.82) is 0 Å². The first-order valence-corrected chi connectivity index (χ1v) is 10.7. The molecule has 0 spiro atoms. The maximum Gasteiger partial charge on any atom is 0.270 e. The zero-order valence-electron chi connectivity index (χ0n) is 17.9. The van der Waals surface area contributed by atoms with Crippen LogP contribution in [-0.2, 0) is 16.0 Å². The second-order valence-corrected chi connectivity index (χ2v) is 7.62. The van der Waals surface area contributed by atoms with E-state index in [1.807, 2.05) is 30.3 Å². The van der Waals surface area contributed by atoms with Crippen LogP contribution in [0.4, 0.5) is 5.69 Å². The Morgan fingerprint density at radius 1 is 1.09 bits per heavy atom. The third kappa shape index (κ3) is 7.14. The molecule has 0 radical (unpaired) electrons. The fraction of sp³-hybridized carbons (Fsp3) is 0.391. The molecule has 1 atom stereocenters. The summed E-state index contributed by atoms with van der Waals surface area (Å²) in [4.78, 5) is 38.3. The quantitative estimate of drug-likeness (QED) is 0.331. The zero-order chi connectivity index (χ0) is 22.8. The van der Waals surface area contributed by atoms with Crippen LogP contribution < -0.4 is 10.6 Å². The monoisotopic (exact) mass is 440 g/mol. The van der Waals surface area contributed by atoms with E-state index in [1.165, 1.54) is 24.3 Å². The van der Waals surface area contributed by atoms with Gasteiger partial charge in [0.15, 0.2) is 0 Å². The van der Waals surface area contributed by atoms with Gasteiger partial charge in [-0.15, -0.1) is 0 Å². The third-order valence-electron chi connectivity index (χ3n) is 5.28. The van der Waals surface area contributed by atoms with Crippen molar-refractivity contribution in [3.63, 3.8) is 0 Å². The molecule has 2 aromatic rings. The average molecular weight is 441 g/mol. The van der Waals surface area contributed by atoms with Crippen molar-refractivity contribution in [3.05, 3.63) is 75.8 Å². The lowest BCUT2D eigenvalue weighted by atomic mass is 10.0. The molecule has 9 heteroatoms. The number of non-ortho nitro benzene ring substituents is 1. The summed E-state index contributed by atoms with van der Waals surface area (Å²) in [6.45, 7) is 4.61. The molecule has 1 aliphatic heterocycles. The van der Waals surface area contributed by atoms with Crippen molar-refractivity contribution in [2.75, 3.05) is 39.4 Å². The minimum atomic E-state index is -0.799. The highest BCUT2D eigenvalue weighted by Gasteiger charge is 2.22. The van der Waals surface area contributed by atoms with Crippen LogP contribution in [-0.4, -0.2) is 67.1 Å². The second kappa shape index (κ2) is 11.9. The van der Waals surface area contributed by atoms with Gasteiger partial charge in [-0.1, -0.05) is 36.4 Å². The van der Waals surface area contributed by atoms with E-state index in [1.54, 1.807) is 0 Å². The van der Waals surface area contributed by atoms with Gasteiger partial charge in [0.2, 0.25) is 5.91 Å². The van der Waals surface area contributed by atoms with Gasteiger partial charge in [0.25, 0.3) is 11.6 Å². The van der Waals surface area contributed by atoms with E-state index in [-0.39, 0.29) is 17.2 Å². The molecule has 9 nitrogen and oxygen atoms in total. The van der Waals surface area contributed by atoms with Crippen molar-refractivity contribution in [3.8, 4) is 0 Å². The molecule has 0 saturated carbocycles. The molecular weight excluding hydrogens is 412 g/mol. The van der Waals surface area contributed by atoms with Crippen LogP contribution in [0.3, 0.4) is 0 Å². The highest BCUT2D eigenvalue weighted by Crippen LogP contribution is 2.13. The van der Waals surface area contributed by atoms with Crippen LogP contribution in [0.1, 0.15) is 22.3 Å². The Morgan fingerprint density at radius 2 is 1.84 bits per heavy atom. The van der Waals surface area contributed by atoms with Crippen LogP contribution in [0.15, 0.2) is 54.6 Å². The summed E-state index contributed by atoms with van der Waals surface area (Å²) in [7, 11) is 0. The normalized spacial score (nSPS) is 15.0. The predicted octanol–water partition coefficient (Wildman–Crippen LogP) is 1.77. The number of hydrogen-bond acceptors (Lipinski definition) is 6. The molecule has 1 fully saturated rings. The zero-order valence-corrected chi connectivity index (χ0v) is 17.9. The number of nitro benzene ring substituents is 1. The lowest BCUT2D eigenvalue weighted by Crippen LogP contribution is -2.48. The van der Waals surface area contributed by atoms with Gasteiger partial charge in [-0.2, -0.15) is 0 Å². The van der Waals surface area contributed by atoms with E-state index in [0.717, 1.165) is 44.8 Å². The van der Waals surface area contributed by atoms with Crippen molar-refractivity contribution >= 4 is 17.5 Å². The van der Waals surface area contributed by atoms with E-state index in [0.29, 0.717) is 13.0 Å². The molecular formula is C23H28N4O5. The molecule has 1 aliphatic rings. The molecule has 2 aromatic carbocycles. The standard InChI is InChI=1S/C23H28N4O5/c28-22(19-8-4-9-20(17-19)27(30)31)25-21(16-18-6-2-1-3-7-18)23(29)24-10-5-11-26-12-14-32-15-13-26/h1-4,6-9,17,21H,5,10-16H2,(H,24,29)(H,25,28). The third-order valence-corrected chi connectivity index (χ3v) is 5.28. The first kappa shape index (κ1) is 23.4. The number of hydrogen-bond donors (Lipinski definition) is 2. The minimum absolute atomic E-state index is 0.136. The van der Waals surface area contributed by atoms with E-state index in [4.69, 9.17) is 4.74 Å². The summed E-state index contributed by atoms with van der Waals surface area (Å²) in [6.07, 6.45) is 1.11. The van der Waals surface area contributed by atoms with Crippen LogP contribution in [0.5, 0.6) is 0 Å². The summed E-state index contributed by atoms with van der Waals surface area (Å²) in [5.41, 5.74) is 0.863. The molecule has 1 heterocycles. The Hall–Kier alpha value is -3.30. The van der Waals surface area contributed by atoms with Crippen molar-refractivity contribution in [2.24, 2.45) is 0 Å². The Balaban J connectivity index is 1.60. The first-order chi connectivity index (χ1) is 15.5. The van der Waals surface area contributed by atoms with Gasteiger partial charge in [0.05, 0.1) is 18.1 Å². The number of nitro groups is 1. The van der Waals surface area contributed by atoms with Crippen LogP contribution in [0.25, 0.3) is 0 Å². The summed E-state index contributed by atoms with van der Waals surface area (Å²) in [5.74, 6) is -0.812. The lowest BCUT2D eigenvalue weighted by molar-refractivity contribution is -0.384. The largest absolute Gasteiger partial charge is 0.379 e. The minimum Gasteiger partial charge on any atom is -0.379 e. The smallest absolute Gasteiger partial charge is 0.270 e. The maximum absolute atomic E-state index is 12.9. The Bertz CT molecular complexity index is 916. The summed E-state index contributed by atoms with van der Waals surface area (Å²) < 4.78 is 5.34. The summed E-state index contributed by atoms with van der Waals surface area (Å²) in [6, 6.07) is 14.1. The van der Waals surface area contributed by atoms with Gasteiger partial charge in [0.1, 0.15) is 6.04 Å². The Labute approximate surface area is 186 Å². The fourth-order valence-electron chi connectivity index (χ4n) is 3.52. The van der Waals surface area contributed by atoms with Crippen molar-refractivity contribution in [1.82, 2.24) is 15.5 Å². The Morgan fingerprint density at radius 3 is 2.56 bits per heavy atom. The number of carbonyl (C=O) groups excluding carboxylic acids is 2. The number of amides is 2. The van der Waals surface area contributed by atoms with Crippen molar-refractivity contribution < 1.29 is 19.2 Å². The molecule has 170 valence electrons. The fourth-order valence-corrected chi connectivity index (χ4v) is 3.52. The highest BCUT2D eigenvalue weighted by molar-refractivity contribution is 5.98. The second-order valence-electron chi connectivity index (χ2n) is 7.62. The number of morpholine rings is 1. The summed E-state index contributed by atoms with van der Waals surface area (Å²) >= 11 is 0. The van der Waals surface area contributed by atoms with Crippen LogP contribution >= 0.6 is 0 Å². The number of carbonyl (C=O) groups is 2. The molecule has 0 bridgehead atoms. The number of nitrogens with one attached hydrogen (secondary N) is 2. The molecule has 2 amide bonds. The summed E-state index contributed by atoms with van der Waals surface area (Å²) in [5, 5.41) is 16.7. The van der Waals surface area contributed by atoms with E-state index < -0.39 is 16.9 Å². The van der Waals surface area contributed by atoms with E-state index >= 15 is 0 Å². The molecule has 1 saturated heterocycles. The van der Waals surface area contributed by atoms with Gasteiger partial charge in [-0.25, -0.2) is 0 Å². The number of benzene rings is 2. The Kier molecular flexibility index (Phi) is 8.70. The topological polar surface area (TPSA) is 114 Å². The van der Waals surface area contributed by atoms with Crippen molar-refractivity contribution in [2.45, 2.75) is 18.9 Å². The van der Waals surface area contributed by atoms with E-state index in [9.17, 15) is 19.7 Å². The molecule has 3 rings (SSSR count). The van der Waals surface area contributed by atoms with Gasteiger partial charge in [-0.05, 0) is 24.6 Å². The lowest BCUT2D eigenvalue weighted by Gasteiger charge is -2.26. The van der Waals surface area contributed by atoms with Gasteiger partial charge < -0.3 is 15.4 Å². The van der Waals surface area contributed by atoms with Crippen LogP contribution in [0.2, 0.25) is 0 Å². The maximum atomic E-state index is 12.9. The predicted molar refractivity (Wildman–Crippen MR) is 119 cm³/mol. The first-order valence-electron chi connectivity index (χ1n) is 10.7. The van der Waals surface area contributed by atoms with Gasteiger partial charge in [-0.3, -0.25) is 24.6 Å². The van der Waals surface area contributed by atoms with Gasteiger partial charge in [0, 0.05) is 43.8 Å². The van der Waals surface area contributed by atoms with Crippen LogP contribution in [0, 0.1) is 10.1 Å². The molecule has 2 N–H and O–H groups in total. The number of nitrogens with zero attached hydrogens (tertiary/aromatic N) is 2. The SMILES string of the molecule is O=C(NC(Cc1ccccc1)C(=O)NCCCN1CCOCC1)c1cccc([N+](=O)[O-])c1. The average Bonchev–Trinajstić information content (AvgIpc) is 2.82. The molecule has 0 aliphatic carbocycles. The number of ether oxygens (including phenoxy) is 1. The molecule has 0 aromatic heterocycles. The van der Waals surface area contributed by atoms with E-state index in [2.05, 4.69) is 15.5 Å².